The van der Waals surface area contributed by atoms with Crippen LogP contribution in [0.3, 0.4) is 0 Å². The summed E-state index contributed by atoms with van der Waals surface area (Å²) in [5, 5.41) is 14.3. The summed E-state index contributed by atoms with van der Waals surface area (Å²) in [7, 11) is 0. The van der Waals surface area contributed by atoms with Gasteiger partial charge in [0.2, 0.25) is 0 Å². The van der Waals surface area contributed by atoms with Crippen molar-refractivity contribution >= 4 is 18.0 Å². The Morgan fingerprint density at radius 2 is 1.89 bits per heavy atom. The number of unbranched alkanes of at least 4 members (excludes halogenated alkanes) is 1. The number of amidine groups is 1. The van der Waals surface area contributed by atoms with Gasteiger partial charge < -0.3 is 14.8 Å². The molecule has 1 aromatic heterocycles. The van der Waals surface area contributed by atoms with Gasteiger partial charge in [-0.2, -0.15) is 0 Å². The van der Waals surface area contributed by atoms with E-state index < -0.39 is 0 Å². The third kappa shape index (κ3) is 5.02. The van der Waals surface area contributed by atoms with E-state index in [1.165, 1.54) is 22.6 Å². The highest BCUT2D eigenvalue weighted by Crippen LogP contribution is 2.09. The van der Waals surface area contributed by atoms with Gasteiger partial charge >= 0.3 is 0 Å². The SMILES string of the molecule is C/C=c1/ccn(Cc2ccc(C(=N)N3CCNCC3)cc2)/c1=C/C=C\CCC. The van der Waals surface area contributed by atoms with Gasteiger partial charge in [-0.3, -0.25) is 5.41 Å². The van der Waals surface area contributed by atoms with E-state index in [1.54, 1.807) is 0 Å². The Kier molecular flexibility index (Phi) is 7.26. The number of allylic oxidation sites excluding steroid dienone is 2. The molecule has 3 rings (SSSR count). The Bertz CT molecular complexity index is 913. The van der Waals surface area contributed by atoms with Crippen molar-refractivity contribution in [3.8, 4) is 0 Å². The minimum Gasteiger partial charge on any atom is -0.354 e. The summed E-state index contributed by atoms with van der Waals surface area (Å²) in [5.74, 6) is 0.631. The lowest BCUT2D eigenvalue weighted by Crippen LogP contribution is -2.46. The van der Waals surface area contributed by atoms with E-state index in [0.717, 1.165) is 44.7 Å². The van der Waals surface area contributed by atoms with Crippen molar-refractivity contribution in [3.63, 3.8) is 0 Å². The smallest absolute Gasteiger partial charge is 0.128 e. The number of hydrogen-bond acceptors (Lipinski definition) is 2. The van der Waals surface area contributed by atoms with Gasteiger partial charge in [-0.25, -0.2) is 0 Å². The van der Waals surface area contributed by atoms with Crippen LogP contribution >= 0.6 is 0 Å². The molecule has 4 nitrogen and oxygen atoms in total. The fraction of sp³-hybridized carbons (Fsp3) is 0.375. The van der Waals surface area contributed by atoms with Crippen LogP contribution in [0.1, 0.15) is 37.8 Å². The zero-order valence-electron chi connectivity index (χ0n) is 17.1. The molecule has 0 atom stereocenters. The first-order chi connectivity index (χ1) is 13.7. The molecule has 2 aromatic rings. The highest BCUT2D eigenvalue weighted by Gasteiger charge is 2.14. The van der Waals surface area contributed by atoms with Crippen molar-refractivity contribution < 1.29 is 0 Å². The molecular formula is C24H32N4. The van der Waals surface area contributed by atoms with Crippen LogP contribution in [0.4, 0.5) is 0 Å². The van der Waals surface area contributed by atoms with E-state index >= 15 is 0 Å². The molecule has 0 radical (unpaired) electrons. The largest absolute Gasteiger partial charge is 0.354 e. The van der Waals surface area contributed by atoms with Crippen LogP contribution in [0.2, 0.25) is 0 Å². The van der Waals surface area contributed by atoms with E-state index in [2.05, 4.69) is 89.5 Å². The van der Waals surface area contributed by atoms with Crippen LogP contribution in [0.5, 0.6) is 0 Å². The number of piperazine rings is 1. The van der Waals surface area contributed by atoms with E-state index in [9.17, 15) is 0 Å². The fourth-order valence-corrected chi connectivity index (χ4v) is 3.53. The third-order valence-corrected chi connectivity index (χ3v) is 5.21. The Hall–Kier alpha value is -2.59. The lowest BCUT2D eigenvalue weighted by atomic mass is 10.1. The molecule has 1 aliphatic rings. The van der Waals surface area contributed by atoms with Crippen LogP contribution in [0, 0.1) is 5.41 Å². The summed E-state index contributed by atoms with van der Waals surface area (Å²) in [6, 6.07) is 10.6. The molecule has 0 spiro atoms. The van der Waals surface area contributed by atoms with E-state index in [0.29, 0.717) is 5.84 Å². The normalized spacial score (nSPS) is 16.3. The Morgan fingerprint density at radius 3 is 2.57 bits per heavy atom. The molecule has 0 amide bonds. The highest BCUT2D eigenvalue weighted by molar-refractivity contribution is 5.96. The zero-order valence-corrected chi connectivity index (χ0v) is 17.1. The molecule has 1 saturated heterocycles. The van der Waals surface area contributed by atoms with E-state index in [4.69, 9.17) is 5.41 Å². The average molecular weight is 377 g/mol. The van der Waals surface area contributed by atoms with Gasteiger partial charge in [-0.15, -0.1) is 0 Å². The second kappa shape index (κ2) is 10.1. The maximum Gasteiger partial charge on any atom is 0.128 e. The lowest BCUT2D eigenvalue weighted by Gasteiger charge is -2.29. The summed E-state index contributed by atoms with van der Waals surface area (Å²) in [6.45, 7) is 8.85. The molecule has 148 valence electrons. The van der Waals surface area contributed by atoms with Crippen LogP contribution in [0.25, 0.3) is 12.2 Å². The molecular weight excluding hydrogens is 344 g/mol. The molecule has 28 heavy (non-hydrogen) atoms. The average Bonchev–Trinajstić information content (AvgIpc) is 3.13. The van der Waals surface area contributed by atoms with Gasteiger partial charge in [-0.05, 0) is 36.3 Å². The maximum absolute atomic E-state index is 8.46. The predicted octanol–water partition coefficient (Wildman–Crippen LogP) is 2.70. The number of nitrogens with zero attached hydrogens (tertiary/aromatic N) is 2. The van der Waals surface area contributed by atoms with Crippen LogP contribution in [-0.2, 0) is 6.54 Å². The molecule has 0 unspecified atom stereocenters. The van der Waals surface area contributed by atoms with Crippen LogP contribution in [-0.4, -0.2) is 41.5 Å². The molecule has 0 bridgehead atoms. The second-order valence-corrected chi connectivity index (χ2v) is 7.24. The Balaban J connectivity index is 1.75. The highest BCUT2D eigenvalue weighted by atomic mass is 15.2. The summed E-state index contributed by atoms with van der Waals surface area (Å²) in [4.78, 5) is 2.15. The van der Waals surface area contributed by atoms with Gasteiger partial charge in [0.15, 0.2) is 0 Å². The third-order valence-electron chi connectivity index (χ3n) is 5.21. The van der Waals surface area contributed by atoms with E-state index in [-0.39, 0.29) is 0 Å². The van der Waals surface area contributed by atoms with Crippen LogP contribution < -0.4 is 15.9 Å². The molecule has 0 aliphatic carbocycles. The van der Waals surface area contributed by atoms with Crippen molar-refractivity contribution in [2.45, 2.75) is 33.2 Å². The summed E-state index contributed by atoms with van der Waals surface area (Å²) in [5.41, 5.74) is 2.25. The van der Waals surface area contributed by atoms with Gasteiger partial charge in [0.25, 0.3) is 0 Å². The molecule has 2 heterocycles. The zero-order chi connectivity index (χ0) is 19.8. The minimum atomic E-state index is 0.631. The van der Waals surface area contributed by atoms with Crippen molar-refractivity contribution in [1.29, 1.82) is 5.41 Å². The number of rotatable bonds is 6. The number of aromatic nitrogens is 1. The lowest BCUT2D eigenvalue weighted by molar-refractivity contribution is 0.356. The van der Waals surface area contributed by atoms with Crippen molar-refractivity contribution in [3.05, 3.63) is 70.4 Å². The Morgan fingerprint density at radius 1 is 1.14 bits per heavy atom. The predicted molar refractivity (Wildman–Crippen MR) is 119 cm³/mol. The topological polar surface area (TPSA) is 44.1 Å². The van der Waals surface area contributed by atoms with E-state index in [1.807, 2.05) is 0 Å². The molecule has 1 aliphatic heterocycles. The molecule has 0 saturated carbocycles. The standard InChI is InChI=1S/C24H32N4/c1-3-5-6-7-8-23-21(4-2)13-16-28(23)19-20-9-11-22(12-10-20)24(25)27-17-14-26-15-18-27/h4,6-13,16,25-26H,3,5,14-15,17-19H2,1-2H3/b7-6-,21-4-,23-8+,25-24?. The van der Waals surface area contributed by atoms with Gasteiger partial charge in [0, 0.05) is 49.8 Å². The first kappa shape index (κ1) is 20.2. The summed E-state index contributed by atoms with van der Waals surface area (Å²) >= 11 is 0. The second-order valence-electron chi connectivity index (χ2n) is 7.24. The molecule has 1 aromatic carbocycles. The Labute approximate surface area is 168 Å². The first-order valence-corrected chi connectivity index (χ1v) is 10.3. The summed E-state index contributed by atoms with van der Waals surface area (Å²) < 4.78 is 2.29. The maximum atomic E-state index is 8.46. The monoisotopic (exact) mass is 376 g/mol. The molecule has 4 heteroatoms. The van der Waals surface area contributed by atoms with Gasteiger partial charge in [0.05, 0.1) is 0 Å². The van der Waals surface area contributed by atoms with Gasteiger partial charge in [-0.1, -0.05) is 55.8 Å². The first-order valence-electron chi connectivity index (χ1n) is 10.3. The van der Waals surface area contributed by atoms with Crippen molar-refractivity contribution in [2.24, 2.45) is 0 Å². The minimum absolute atomic E-state index is 0.631. The molecule has 1 fully saturated rings. The fourth-order valence-electron chi connectivity index (χ4n) is 3.53. The number of nitrogens with one attached hydrogen (secondary N) is 2. The van der Waals surface area contributed by atoms with Crippen LogP contribution in [0.15, 0.2) is 48.7 Å². The molecule has 2 N–H and O–H groups in total. The van der Waals surface area contributed by atoms with Gasteiger partial charge in [0.1, 0.15) is 5.84 Å². The van der Waals surface area contributed by atoms with Crippen molar-refractivity contribution in [1.82, 2.24) is 14.8 Å². The quantitative estimate of drug-likeness (QED) is 0.601. The number of benzene rings is 1. The van der Waals surface area contributed by atoms with Crippen molar-refractivity contribution in [2.75, 3.05) is 26.2 Å². The summed E-state index contributed by atoms with van der Waals surface area (Å²) in [6.07, 6.45) is 13.2. The number of hydrogen-bond donors (Lipinski definition) is 2.